The van der Waals surface area contributed by atoms with E-state index in [1.165, 1.54) is 6.07 Å². The molecule has 0 aliphatic carbocycles. The molecule has 0 radical (unpaired) electrons. The molecule has 0 amide bonds. The van der Waals surface area contributed by atoms with Crippen LogP contribution in [0.3, 0.4) is 0 Å². The van der Waals surface area contributed by atoms with E-state index in [9.17, 15) is 12.8 Å². The molecule has 1 aromatic rings. The maximum Gasteiger partial charge on any atom is 0.152 e. The number of anilines is 1. The summed E-state index contributed by atoms with van der Waals surface area (Å²) in [5.74, 6) is -0.213. The van der Waals surface area contributed by atoms with E-state index >= 15 is 0 Å². The molecule has 1 aromatic carbocycles. The van der Waals surface area contributed by atoms with Crippen LogP contribution in [0.25, 0.3) is 0 Å². The molecule has 0 heterocycles. The first-order valence-corrected chi connectivity index (χ1v) is 7.87. The fourth-order valence-electron chi connectivity index (χ4n) is 1.41. The summed E-state index contributed by atoms with van der Waals surface area (Å²) >= 11 is 3.06. The molecule has 1 N–H and O–H groups in total. The van der Waals surface area contributed by atoms with Gasteiger partial charge in [-0.05, 0) is 41.1 Å². The van der Waals surface area contributed by atoms with E-state index in [0.29, 0.717) is 10.2 Å². The summed E-state index contributed by atoms with van der Waals surface area (Å²) in [6.45, 7) is 3.37. The highest BCUT2D eigenvalue weighted by Crippen LogP contribution is 2.19. The van der Waals surface area contributed by atoms with Crippen molar-refractivity contribution in [1.29, 1.82) is 0 Å². The Morgan fingerprint density at radius 3 is 2.65 bits per heavy atom. The summed E-state index contributed by atoms with van der Waals surface area (Å²) in [6, 6.07) is 4.36. The molecule has 0 aliphatic rings. The number of nitrogens with one attached hydrogen (secondary N) is 1. The lowest BCUT2D eigenvalue weighted by Crippen LogP contribution is -2.26. The molecule has 1 rings (SSSR count). The van der Waals surface area contributed by atoms with Crippen LogP contribution in [0.5, 0.6) is 0 Å². The van der Waals surface area contributed by atoms with Crippen molar-refractivity contribution in [3.63, 3.8) is 0 Å². The minimum Gasteiger partial charge on any atom is -0.381 e. The SMILES string of the molecule is CCS(=O)(=O)CC(C)Nc1ccc(Br)c(F)c1. The summed E-state index contributed by atoms with van der Waals surface area (Å²) in [6.07, 6.45) is 0. The van der Waals surface area contributed by atoms with E-state index in [0.717, 1.165) is 0 Å². The highest BCUT2D eigenvalue weighted by molar-refractivity contribution is 9.10. The van der Waals surface area contributed by atoms with Crippen LogP contribution >= 0.6 is 15.9 Å². The lowest BCUT2D eigenvalue weighted by Gasteiger charge is -2.15. The lowest BCUT2D eigenvalue weighted by molar-refractivity contribution is 0.593. The summed E-state index contributed by atoms with van der Waals surface area (Å²) in [5, 5.41) is 2.96. The first-order valence-electron chi connectivity index (χ1n) is 5.26. The van der Waals surface area contributed by atoms with Crippen LogP contribution in [-0.4, -0.2) is 26.0 Å². The number of benzene rings is 1. The van der Waals surface area contributed by atoms with E-state index in [1.54, 1.807) is 26.0 Å². The van der Waals surface area contributed by atoms with Gasteiger partial charge in [0.2, 0.25) is 0 Å². The third-order valence-electron chi connectivity index (χ3n) is 2.28. The Morgan fingerprint density at radius 2 is 2.12 bits per heavy atom. The Hall–Kier alpha value is -0.620. The minimum atomic E-state index is -3.02. The summed E-state index contributed by atoms with van der Waals surface area (Å²) < 4.78 is 36.4. The van der Waals surface area contributed by atoms with Crippen LogP contribution in [0.1, 0.15) is 13.8 Å². The highest BCUT2D eigenvalue weighted by atomic mass is 79.9. The van der Waals surface area contributed by atoms with Crippen molar-refractivity contribution >= 4 is 31.5 Å². The van der Waals surface area contributed by atoms with E-state index < -0.39 is 9.84 Å². The van der Waals surface area contributed by atoms with Gasteiger partial charge in [0, 0.05) is 17.5 Å². The Kier molecular flexibility index (Phi) is 4.94. The average molecular weight is 324 g/mol. The van der Waals surface area contributed by atoms with Gasteiger partial charge in [-0.1, -0.05) is 6.92 Å². The minimum absolute atomic E-state index is 0.0428. The number of hydrogen-bond acceptors (Lipinski definition) is 3. The van der Waals surface area contributed by atoms with Gasteiger partial charge in [0.15, 0.2) is 9.84 Å². The molecule has 0 fully saturated rings. The van der Waals surface area contributed by atoms with E-state index in [4.69, 9.17) is 0 Å². The topological polar surface area (TPSA) is 46.2 Å². The normalized spacial score (nSPS) is 13.4. The summed E-state index contributed by atoms with van der Waals surface area (Å²) in [4.78, 5) is 0. The van der Waals surface area contributed by atoms with Crippen molar-refractivity contribution < 1.29 is 12.8 Å². The smallest absolute Gasteiger partial charge is 0.152 e. The molecule has 96 valence electrons. The molecular weight excluding hydrogens is 309 g/mol. The molecule has 1 unspecified atom stereocenters. The van der Waals surface area contributed by atoms with Crippen LogP contribution in [-0.2, 0) is 9.84 Å². The van der Waals surface area contributed by atoms with Crippen LogP contribution < -0.4 is 5.32 Å². The summed E-state index contributed by atoms with van der Waals surface area (Å²) in [5.41, 5.74) is 0.574. The fourth-order valence-corrected chi connectivity index (χ4v) is 2.74. The number of sulfone groups is 1. The van der Waals surface area contributed by atoms with Crippen molar-refractivity contribution in [2.45, 2.75) is 19.9 Å². The van der Waals surface area contributed by atoms with Gasteiger partial charge in [0.05, 0.1) is 10.2 Å². The third kappa shape index (κ3) is 4.63. The molecule has 1 atom stereocenters. The van der Waals surface area contributed by atoms with E-state index in [-0.39, 0.29) is 23.4 Å². The zero-order chi connectivity index (χ0) is 13.1. The highest BCUT2D eigenvalue weighted by Gasteiger charge is 2.13. The van der Waals surface area contributed by atoms with Crippen molar-refractivity contribution in [1.82, 2.24) is 0 Å². The molecule has 0 spiro atoms. The molecule has 0 bridgehead atoms. The zero-order valence-electron chi connectivity index (χ0n) is 9.70. The Labute approximate surface area is 109 Å². The van der Waals surface area contributed by atoms with Crippen molar-refractivity contribution in [3.05, 3.63) is 28.5 Å². The van der Waals surface area contributed by atoms with Crippen LogP contribution in [0, 0.1) is 5.82 Å². The quantitative estimate of drug-likeness (QED) is 0.906. The average Bonchev–Trinajstić information content (AvgIpc) is 2.23. The molecule has 0 saturated carbocycles. The number of hydrogen-bond donors (Lipinski definition) is 1. The second kappa shape index (κ2) is 5.82. The largest absolute Gasteiger partial charge is 0.381 e. The second-order valence-electron chi connectivity index (χ2n) is 3.87. The Morgan fingerprint density at radius 1 is 1.47 bits per heavy atom. The van der Waals surface area contributed by atoms with Gasteiger partial charge in [0.1, 0.15) is 5.82 Å². The maximum atomic E-state index is 13.2. The molecule has 0 aromatic heterocycles. The van der Waals surface area contributed by atoms with E-state index in [2.05, 4.69) is 21.2 Å². The van der Waals surface area contributed by atoms with Crippen LogP contribution in [0.2, 0.25) is 0 Å². The first-order chi connectivity index (χ1) is 7.84. The molecule has 0 saturated heterocycles. The van der Waals surface area contributed by atoms with Gasteiger partial charge < -0.3 is 5.32 Å². The van der Waals surface area contributed by atoms with E-state index in [1.807, 2.05) is 0 Å². The predicted octanol–water partition coefficient (Wildman–Crippen LogP) is 2.82. The Balaban J connectivity index is 2.68. The van der Waals surface area contributed by atoms with Crippen LogP contribution in [0.15, 0.2) is 22.7 Å². The van der Waals surface area contributed by atoms with Crippen molar-refractivity contribution in [3.8, 4) is 0 Å². The van der Waals surface area contributed by atoms with Crippen molar-refractivity contribution in [2.75, 3.05) is 16.8 Å². The molecular formula is C11H15BrFNO2S. The van der Waals surface area contributed by atoms with Gasteiger partial charge in [0.25, 0.3) is 0 Å². The monoisotopic (exact) mass is 323 g/mol. The number of rotatable bonds is 5. The standard InChI is InChI=1S/C11H15BrFNO2S/c1-3-17(15,16)7-8(2)14-9-4-5-10(12)11(13)6-9/h4-6,8,14H,3,7H2,1-2H3. The molecule has 6 heteroatoms. The number of halogens is 2. The van der Waals surface area contributed by atoms with Gasteiger partial charge in [-0.15, -0.1) is 0 Å². The third-order valence-corrected chi connectivity index (χ3v) is 4.81. The molecule has 3 nitrogen and oxygen atoms in total. The Bertz CT molecular complexity index is 490. The van der Waals surface area contributed by atoms with Gasteiger partial charge in [-0.2, -0.15) is 0 Å². The van der Waals surface area contributed by atoms with Gasteiger partial charge in [-0.25, -0.2) is 12.8 Å². The van der Waals surface area contributed by atoms with Crippen LogP contribution in [0.4, 0.5) is 10.1 Å². The molecule has 0 aliphatic heterocycles. The first kappa shape index (κ1) is 14.4. The lowest BCUT2D eigenvalue weighted by atomic mass is 10.3. The van der Waals surface area contributed by atoms with Gasteiger partial charge >= 0.3 is 0 Å². The second-order valence-corrected chi connectivity index (χ2v) is 7.13. The van der Waals surface area contributed by atoms with Crippen molar-refractivity contribution in [2.24, 2.45) is 0 Å². The van der Waals surface area contributed by atoms with Gasteiger partial charge in [-0.3, -0.25) is 0 Å². The fraction of sp³-hybridized carbons (Fsp3) is 0.455. The zero-order valence-corrected chi connectivity index (χ0v) is 12.1. The maximum absolute atomic E-state index is 13.2. The summed E-state index contributed by atoms with van der Waals surface area (Å²) in [7, 11) is -3.02. The molecule has 17 heavy (non-hydrogen) atoms. The predicted molar refractivity (Wildman–Crippen MR) is 71.5 cm³/mol.